The second kappa shape index (κ2) is 7.03. The third kappa shape index (κ3) is 4.29. The maximum atomic E-state index is 3.51. The summed E-state index contributed by atoms with van der Waals surface area (Å²) in [6.07, 6.45) is 0. The van der Waals surface area contributed by atoms with Crippen LogP contribution in [0.25, 0.3) is 0 Å². The Hall–Kier alpha value is -0.420. The summed E-state index contributed by atoms with van der Waals surface area (Å²) in [5, 5.41) is 3.51. The van der Waals surface area contributed by atoms with Gasteiger partial charge in [-0.1, -0.05) is 13.8 Å². The van der Waals surface area contributed by atoms with Gasteiger partial charge in [-0.2, -0.15) is 0 Å². The first kappa shape index (κ1) is 16.0. The van der Waals surface area contributed by atoms with Crippen molar-refractivity contribution in [3.63, 3.8) is 0 Å². The normalized spacial score (nSPS) is 21.8. The van der Waals surface area contributed by atoms with Crippen molar-refractivity contribution in [1.29, 1.82) is 0 Å². The van der Waals surface area contributed by atoms with Gasteiger partial charge in [0.25, 0.3) is 0 Å². The number of nitrogens with zero attached hydrogens (tertiary/aromatic N) is 2. The number of hydrogen-bond donors (Lipinski definition) is 1. The second-order valence-corrected chi connectivity index (χ2v) is 7.75. The van der Waals surface area contributed by atoms with E-state index in [-0.39, 0.29) is 0 Å². The summed E-state index contributed by atoms with van der Waals surface area (Å²) in [5.41, 5.74) is 1.52. The molecule has 0 aromatic carbocycles. The van der Waals surface area contributed by atoms with E-state index in [0.717, 1.165) is 13.1 Å². The van der Waals surface area contributed by atoms with Crippen LogP contribution in [0.3, 0.4) is 0 Å². The van der Waals surface area contributed by atoms with Gasteiger partial charge >= 0.3 is 0 Å². The number of thiophene rings is 1. The highest BCUT2D eigenvalue weighted by molar-refractivity contribution is 7.12. The first-order chi connectivity index (χ1) is 9.45. The summed E-state index contributed by atoms with van der Waals surface area (Å²) in [5.74, 6) is 0. The molecule has 1 unspecified atom stereocenters. The van der Waals surface area contributed by atoms with Gasteiger partial charge in [-0.3, -0.25) is 4.90 Å². The molecule has 3 nitrogen and oxygen atoms in total. The topological polar surface area (TPSA) is 18.5 Å². The Morgan fingerprint density at radius 3 is 2.80 bits per heavy atom. The zero-order valence-electron chi connectivity index (χ0n) is 13.6. The maximum Gasteiger partial charge on any atom is 0.0302 e. The first-order valence-corrected chi connectivity index (χ1v) is 8.51. The van der Waals surface area contributed by atoms with E-state index in [4.69, 9.17) is 0 Å². The fraction of sp³-hybridized carbons (Fsp3) is 0.750. The fourth-order valence-corrected chi connectivity index (χ4v) is 3.77. The van der Waals surface area contributed by atoms with Crippen molar-refractivity contribution in [1.82, 2.24) is 15.1 Å². The number of likely N-dealkylation sites (N-methyl/N-ethyl adjacent to an activating group) is 1. The lowest BCUT2D eigenvalue weighted by molar-refractivity contribution is 0.0938. The van der Waals surface area contributed by atoms with Gasteiger partial charge in [-0.05, 0) is 32.5 Å². The standard InChI is InChI=1S/C16H29N3S/c1-12(2)17-9-16-8-15(14(4)20-16)11-19-7-6-18(5)10-13(19)3/h8,12-13,17H,6-7,9-11H2,1-5H3. The number of hydrogen-bond acceptors (Lipinski definition) is 4. The van der Waals surface area contributed by atoms with Gasteiger partial charge in [0, 0.05) is 54.6 Å². The lowest BCUT2D eigenvalue weighted by Crippen LogP contribution is -2.49. The van der Waals surface area contributed by atoms with Crippen molar-refractivity contribution in [2.45, 2.75) is 52.9 Å². The van der Waals surface area contributed by atoms with Gasteiger partial charge < -0.3 is 10.2 Å². The zero-order chi connectivity index (χ0) is 14.7. The third-order valence-corrected chi connectivity index (χ3v) is 5.19. The smallest absolute Gasteiger partial charge is 0.0302 e. The SMILES string of the molecule is Cc1sc(CNC(C)C)cc1CN1CCN(C)CC1C. The molecule has 0 radical (unpaired) electrons. The van der Waals surface area contributed by atoms with Crippen LogP contribution in [0, 0.1) is 6.92 Å². The minimum Gasteiger partial charge on any atom is -0.310 e. The van der Waals surface area contributed by atoms with Crippen LogP contribution >= 0.6 is 11.3 Å². The summed E-state index contributed by atoms with van der Waals surface area (Å²) in [6, 6.07) is 3.62. The van der Waals surface area contributed by atoms with Gasteiger partial charge in [-0.15, -0.1) is 11.3 Å². The summed E-state index contributed by atoms with van der Waals surface area (Å²) in [6.45, 7) is 14.7. The van der Waals surface area contributed by atoms with Gasteiger partial charge in [0.05, 0.1) is 0 Å². The van der Waals surface area contributed by atoms with Crippen molar-refractivity contribution < 1.29 is 0 Å². The van der Waals surface area contributed by atoms with E-state index in [1.165, 1.54) is 35.0 Å². The molecule has 1 fully saturated rings. The quantitative estimate of drug-likeness (QED) is 0.901. The van der Waals surface area contributed by atoms with Crippen molar-refractivity contribution in [3.8, 4) is 0 Å². The van der Waals surface area contributed by atoms with Crippen LogP contribution in [0.2, 0.25) is 0 Å². The minimum absolute atomic E-state index is 0.554. The monoisotopic (exact) mass is 295 g/mol. The molecule has 0 saturated carbocycles. The van der Waals surface area contributed by atoms with Crippen molar-refractivity contribution >= 4 is 11.3 Å². The summed E-state index contributed by atoms with van der Waals surface area (Å²) in [4.78, 5) is 8.00. The van der Waals surface area contributed by atoms with Crippen LogP contribution in [0.5, 0.6) is 0 Å². The summed E-state index contributed by atoms with van der Waals surface area (Å²) in [7, 11) is 2.22. The minimum atomic E-state index is 0.554. The molecule has 2 rings (SSSR count). The van der Waals surface area contributed by atoms with Crippen LogP contribution in [0.4, 0.5) is 0 Å². The molecule has 0 amide bonds. The molecule has 1 aromatic heterocycles. The number of aryl methyl sites for hydroxylation is 1. The molecule has 0 spiro atoms. The van der Waals surface area contributed by atoms with E-state index in [9.17, 15) is 0 Å². The van der Waals surface area contributed by atoms with E-state index in [1.807, 2.05) is 11.3 Å². The molecule has 1 saturated heterocycles. The highest BCUT2D eigenvalue weighted by Crippen LogP contribution is 2.24. The Morgan fingerprint density at radius 1 is 1.40 bits per heavy atom. The van der Waals surface area contributed by atoms with Crippen LogP contribution in [0.15, 0.2) is 6.07 Å². The van der Waals surface area contributed by atoms with Crippen LogP contribution in [-0.4, -0.2) is 48.6 Å². The lowest BCUT2D eigenvalue weighted by atomic mass is 10.1. The molecule has 20 heavy (non-hydrogen) atoms. The Bertz CT molecular complexity index is 427. The highest BCUT2D eigenvalue weighted by Gasteiger charge is 2.22. The van der Waals surface area contributed by atoms with Crippen LogP contribution in [0.1, 0.15) is 36.1 Å². The third-order valence-electron chi connectivity index (χ3n) is 4.10. The van der Waals surface area contributed by atoms with E-state index >= 15 is 0 Å². The predicted molar refractivity (Wildman–Crippen MR) is 88.4 cm³/mol. The van der Waals surface area contributed by atoms with E-state index in [0.29, 0.717) is 12.1 Å². The Kier molecular flexibility index (Phi) is 5.61. The fourth-order valence-electron chi connectivity index (χ4n) is 2.77. The summed E-state index contributed by atoms with van der Waals surface area (Å²) >= 11 is 1.95. The summed E-state index contributed by atoms with van der Waals surface area (Å²) < 4.78 is 0. The van der Waals surface area contributed by atoms with Crippen LogP contribution < -0.4 is 5.32 Å². The van der Waals surface area contributed by atoms with Gasteiger partial charge in [0.1, 0.15) is 0 Å². The first-order valence-electron chi connectivity index (χ1n) is 7.70. The van der Waals surface area contributed by atoms with Gasteiger partial charge in [-0.25, -0.2) is 0 Å². The number of nitrogens with one attached hydrogen (secondary N) is 1. The zero-order valence-corrected chi connectivity index (χ0v) is 14.4. The van der Waals surface area contributed by atoms with Crippen molar-refractivity contribution in [2.24, 2.45) is 0 Å². The average molecular weight is 295 g/mol. The molecule has 0 bridgehead atoms. The van der Waals surface area contributed by atoms with E-state index in [2.05, 4.69) is 55.9 Å². The highest BCUT2D eigenvalue weighted by atomic mass is 32.1. The average Bonchev–Trinajstić information content (AvgIpc) is 2.71. The molecule has 0 aliphatic carbocycles. The molecule has 114 valence electrons. The molecule has 1 N–H and O–H groups in total. The lowest BCUT2D eigenvalue weighted by Gasteiger charge is -2.38. The van der Waals surface area contributed by atoms with Gasteiger partial charge in [0.15, 0.2) is 0 Å². The van der Waals surface area contributed by atoms with Crippen molar-refractivity contribution in [3.05, 3.63) is 21.4 Å². The molecule has 1 aromatic rings. The van der Waals surface area contributed by atoms with Crippen molar-refractivity contribution in [2.75, 3.05) is 26.7 Å². The molecule has 4 heteroatoms. The number of rotatable bonds is 5. The molecule has 1 aliphatic rings. The van der Waals surface area contributed by atoms with E-state index < -0.39 is 0 Å². The molecular weight excluding hydrogens is 266 g/mol. The Balaban J connectivity index is 1.95. The van der Waals surface area contributed by atoms with Gasteiger partial charge in [0.2, 0.25) is 0 Å². The predicted octanol–water partition coefficient (Wildman–Crippen LogP) is 2.69. The van der Waals surface area contributed by atoms with E-state index in [1.54, 1.807) is 0 Å². The Labute approximate surface area is 128 Å². The Morgan fingerprint density at radius 2 is 2.15 bits per heavy atom. The largest absolute Gasteiger partial charge is 0.310 e. The second-order valence-electron chi connectivity index (χ2n) is 6.41. The van der Waals surface area contributed by atoms with Crippen LogP contribution in [-0.2, 0) is 13.1 Å². The maximum absolute atomic E-state index is 3.51. The number of piperazine rings is 1. The molecular formula is C16H29N3S. The molecule has 1 aliphatic heterocycles. The molecule has 2 heterocycles. The molecule has 1 atom stereocenters.